The van der Waals surface area contributed by atoms with Crippen molar-refractivity contribution < 1.29 is 9.90 Å². The smallest absolute Gasteiger partial charge is 0.337 e. The third kappa shape index (κ3) is 2.38. The number of imidazole rings is 1. The average Bonchev–Trinajstić information content (AvgIpc) is 2.88. The molecule has 100 valence electrons. The zero-order chi connectivity index (χ0) is 13.9. The largest absolute Gasteiger partial charge is 0.478 e. The Balaban J connectivity index is 1.86. The van der Waals surface area contributed by atoms with Crippen molar-refractivity contribution >= 4 is 17.0 Å². The minimum atomic E-state index is -0.956. The minimum absolute atomic E-state index is 0.230. The number of aromatic amines is 1. The predicted octanol–water partition coefficient (Wildman–Crippen LogP) is 2.44. The Morgan fingerprint density at radius 2 is 1.95 bits per heavy atom. The van der Waals surface area contributed by atoms with Crippen molar-refractivity contribution in [3.05, 3.63) is 59.7 Å². The van der Waals surface area contributed by atoms with Crippen LogP contribution in [0, 0.1) is 0 Å². The highest BCUT2D eigenvalue weighted by Crippen LogP contribution is 2.17. The molecular formula is C15H13N3O2. The van der Waals surface area contributed by atoms with E-state index in [9.17, 15) is 4.79 Å². The average molecular weight is 267 g/mol. The van der Waals surface area contributed by atoms with E-state index in [2.05, 4.69) is 15.0 Å². The second-order valence-electron chi connectivity index (χ2n) is 4.55. The quantitative estimate of drug-likeness (QED) is 0.761. The Morgan fingerprint density at radius 3 is 2.70 bits per heavy atom. The third-order valence-electron chi connectivity index (χ3n) is 3.19. The van der Waals surface area contributed by atoms with Crippen LogP contribution in [0.5, 0.6) is 0 Å². The molecule has 0 aliphatic heterocycles. The number of carbonyl (C=O) groups is 1. The Labute approximate surface area is 115 Å². The first-order valence-corrected chi connectivity index (χ1v) is 6.34. The van der Waals surface area contributed by atoms with Crippen molar-refractivity contribution in [2.24, 2.45) is 0 Å². The summed E-state index contributed by atoms with van der Waals surface area (Å²) in [6.45, 7) is 0. The Morgan fingerprint density at radius 1 is 1.15 bits per heavy atom. The first kappa shape index (κ1) is 12.3. The van der Waals surface area contributed by atoms with Crippen LogP contribution in [0.25, 0.3) is 11.0 Å². The maximum atomic E-state index is 11.1. The maximum absolute atomic E-state index is 11.1. The summed E-state index contributed by atoms with van der Waals surface area (Å²) in [5.74, 6) is -0.159. The Hall–Kier alpha value is -2.69. The van der Waals surface area contributed by atoms with Crippen molar-refractivity contribution in [2.45, 2.75) is 12.8 Å². The summed E-state index contributed by atoms with van der Waals surface area (Å²) in [6.07, 6.45) is 5.09. The van der Waals surface area contributed by atoms with E-state index in [1.807, 2.05) is 18.2 Å². The topological polar surface area (TPSA) is 78.9 Å². The number of fused-ring (bicyclic) bond motifs is 1. The molecule has 5 nitrogen and oxygen atoms in total. The highest BCUT2D eigenvalue weighted by Gasteiger charge is 2.12. The number of pyridine rings is 1. The lowest BCUT2D eigenvalue weighted by atomic mass is 10.1. The van der Waals surface area contributed by atoms with Crippen molar-refractivity contribution in [1.29, 1.82) is 0 Å². The summed E-state index contributed by atoms with van der Waals surface area (Å²) in [6, 6.07) is 9.05. The summed E-state index contributed by atoms with van der Waals surface area (Å²) in [5, 5.41) is 9.14. The van der Waals surface area contributed by atoms with Crippen LogP contribution < -0.4 is 0 Å². The van der Waals surface area contributed by atoms with Crippen LogP contribution in [0.2, 0.25) is 0 Å². The van der Waals surface area contributed by atoms with Crippen molar-refractivity contribution in [3.8, 4) is 0 Å². The molecule has 2 N–H and O–H groups in total. The molecule has 5 heteroatoms. The summed E-state index contributed by atoms with van der Waals surface area (Å²) in [5.41, 5.74) is 2.69. The molecule has 0 saturated carbocycles. The number of nitrogens with one attached hydrogen (secondary N) is 1. The summed E-state index contributed by atoms with van der Waals surface area (Å²) in [4.78, 5) is 22.7. The molecule has 1 aromatic carbocycles. The summed E-state index contributed by atoms with van der Waals surface area (Å²) < 4.78 is 0. The molecule has 0 amide bonds. The number of aryl methyl sites for hydroxylation is 2. The molecule has 0 fully saturated rings. The Bertz CT molecular complexity index is 750. The van der Waals surface area contributed by atoms with Gasteiger partial charge in [-0.25, -0.2) is 9.78 Å². The fourth-order valence-electron chi connectivity index (χ4n) is 2.19. The SMILES string of the molecule is O=C(O)c1cccc2[nH]c(CCc3ccncc3)nc12. The molecule has 0 unspecified atom stereocenters. The molecule has 2 aromatic heterocycles. The number of carboxylic acid groups (broad SMARTS) is 1. The van der Waals surface area contributed by atoms with E-state index in [1.54, 1.807) is 24.5 Å². The minimum Gasteiger partial charge on any atom is -0.478 e. The molecule has 0 atom stereocenters. The van der Waals surface area contributed by atoms with Gasteiger partial charge in [-0.15, -0.1) is 0 Å². The van der Waals surface area contributed by atoms with Gasteiger partial charge in [0.1, 0.15) is 11.3 Å². The lowest BCUT2D eigenvalue weighted by molar-refractivity contribution is 0.0699. The number of nitrogens with zero attached hydrogens (tertiary/aromatic N) is 2. The van der Waals surface area contributed by atoms with Crippen LogP contribution in [-0.2, 0) is 12.8 Å². The van der Waals surface area contributed by atoms with E-state index in [0.717, 1.165) is 24.2 Å². The van der Waals surface area contributed by atoms with Gasteiger partial charge in [0, 0.05) is 18.8 Å². The molecule has 2 heterocycles. The molecule has 0 bridgehead atoms. The zero-order valence-electron chi connectivity index (χ0n) is 10.7. The van der Waals surface area contributed by atoms with Crippen molar-refractivity contribution in [3.63, 3.8) is 0 Å². The number of rotatable bonds is 4. The highest BCUT2D eigenvalue weighted by atomic mass is 16.4. The first-order chi connectivity index (χ1) is 9.74. The number of aromatic nitrogens is 3. The first-order valence-electron chi connectivity index (χ1n) is 6.34. The molecule has 0 aliphatic rings. The molecule has 3 rings (SSSR count). The predicted molar refractivity (Wildman–Crippen MR) is 74.7 cm³/mol. The van der Waals surface area contributed by atoms with Gasteiger partial charge in [0.05, 0.1) is 11.1 Å². The normalized spacial score (nSPS) is 10.8. The van der Waals surface area contributed by atoms with Crippen LogP contribution in [0.1, 0.15) is 21.7 Å². The van der Waals surface area contributed by atoms with Gasteiger partial charge >= 0.3 is 5.97 Å². The number of benzene rings is 1. The van der Waals surface area contributed by atoms with E-state index >= 15 is 0 Å². The maximum Gasteiger partial charge on any atom is 0.337 e. The standard InChI is InChI=1S/C15H13N3O2/c19-15(20)11-2-1-3-12-14(11)18-13(17-12)5-4-10-6-8-16-9-7-10/h1-3,6-9H,4-5H2,(H,17,18)(H,19,20). The van der Waals surface area contributed by atoms with Crippen molar-refractivity contribution in [2.75, 3.05) is 0 Å². The summed E-state index contributed by atoms with van der Waals surface area (Å²) >= 11 is 0. The molecule has 20 heavy (non-hydrogen) atoms. The van der Waals surface area contributed by atoms with Gasteiger partial charge in [-0.3, -0.25) is 4.98 Å². The highest BCUT2D eigenvalue weighted by molar-refractivity contribution is 6.00. The molecule has 0 spiro atoms. The number of hydrogen-bond acceptors (Lipinski definition) is 3. The van der Waals surface area contributed by atoms with Crippen LogP contribution in [0.15, 0.2) is 42.7 Å². The number of hydrogen-bond donors (Lipinski definition) is 2. The zero-order valence-corrected chi connectivity index (χ0v) is 10.7. The van der Waals surface area contributed by atoms with Crippen LogP contribution in [-0.4, -0.2) is 26.0 Å². The van der Waals surface area contributed by atoms with Gasteiger partial charge in [-0.1, -0.05) is 6.07 Å². The molecular weight excluding hydrogens is 254 g/mol. The van der Waals surface area contributed by atoms with Gasteiger partial charge < -0.3 is 10.1 Å². The van der Waals surface area contributed by atoms with Crippen LogP contribution >= 0.6 is 0 Å². The number of aromatic carboxylic acids is 1. The number of carboxylic acids is 1. The third-order valence-corrected chi connectivity index (χ3v) is 3.19. The van der Waals surface area contributed by atoms with Crippen LogP contribution in [0.3, 0.4) is 0 Å². The van der Waals surface area contributed by atoms with Gasteiger partial charge in [-0.05, 0) is 36.2 Å². The second kappa shape index (κ2) is 5.13. The molecule has 0 radical (unpaired) electrons. The molecule has 0 saturated heterocycles. The fourth-order valence-corrected chi connectivity index (χ4v) is 2.19. The number of para-hydroxylation sites is 1. The Kier molecular flexibility index (Phi) is 3.16. The second-order valence-corrected chi connectivity index (χ2v) is 4.55. The lowest BCUT2D eigenvalue weighted by Crippen LogP contribution is -1.97. The fraction of sp³-hybridized carbons (Fsp3) is 0.133. The molecule has 0 aliphatic carbocycles. The van der Waals surface area contributed by atoms with E-state index in [-0.39, 0.29) is 5.56 Å². The van der Waals surface area contributed by atoms with Gasteiger partial charge in [-0.2, -0.15) is 0 Å². The van der Waals surface area contributed by atoms with Crippen molar-refractivity contribution in [1.82, 2.24) is 15.0 Å². The van der Waals surface area contributed by atoms with Gasteiger partial charge in [0.25, 0.3) is 0 Å². The van der Waals surface area contributed by atoms with E-state index in [4.69, 9.17) is 5.11 Å². The lowest BCUT2D eigenvalue weighted by Gasteiger charge is -1.97. The number of H-pyrrole nitrogens is 1. The monoisotopic (exact) mass is 267 g/mol. The van der Waals surface area contributed by atoms with Crippen LogP contribution in [0.4, 0.5) is 0 Å². The van der Waals surface area contributed by atoms with E-state index in [0.29, 0.717) is 5.52 Å². The van der Waals surface area contributed by atoms with E-state index < -0.39 is 5.97 Å². The summed E-state index contributed by atoms with van der Waals surface area (Å²) in [7, 11) is 0. The van der Waals surface area contributed by atoms with Gasteiger partial charge in [0.2, 0.25) is 0 Å². The van der Waals surface area contributed by atoms with Gasteiger partial charge in [0.15, 0.2) is 0 Å². The molecule has 3 aromatic rings. The van der Waals surface area contributed by atoms with E-state index in [1.165, 1.54) is 5.56 Å².